The van der Waals surface area contributed by atoms with E-state index >= 15 is 0 Å². The third-order valence-electron chi connectivity index (χ3n) is 4.12. The molecule has 0 spiro atoms. The summed E-state index contributed by atoms with van der Waals surface area (Å²) in [7, 11) is -4.29. The molecule has 2 aromatic rings. The molecule has 0 N–H and O–H groups in total. The maximum absolute atomic E-state index is 13.0. The van der Waals surface area contributed by atoms with E-state index in [0.717, 1.165) is 28.6 Å². The summed E-state index contributed by atoms with van der Waals surface area (Å²) in [6.07, 6.45) is -4.64. The Kier molecular flexibility index (Phi) is 4.87. The number of halogens is 4. The van der Waals surface area contributed by atoms with Gasteiger partial charge >= 0.3 is 6.18 Å². The summed E-state index contributed by atoms with van der Waals surface area (Å²) < 4.78 is 67.0. The molecule has 1 aromatic heterocycles. The van der Waals surface area contributed by atoms with Crippen LogP contribution in [0.2, 0.25) is 5.15 Å². The van der Waals surface area contributed by atoms with Crippen LogP contribution >= 0.6 is 11.6 Å². The highest BCUT2D eigenvalue weighted by molar-refractivity contribution is 7.89. The molecule has 1 aromatic carbocycles. The van der Waals surface area contributed by atoms with Gasteiger partial charge in [0.1, 0.15) is 0 Å². The SMILES string of the molecule is O=[N+]([O-])c1ccccc1S(=O)(=O)N1CC[n+]2c(Cl)cc(C(F)(F)F)cc2C1. The highest BCUT2D eigenvalue weighted by Gasteiger charge is 2.40. The Bertz CT molecular complexity index is 1030. The fourth-order valence-corrected chi connectivity index (χ4v) is 4.70. The van der Waals surface area contributed by atoms with Gasteiger partial charge in [0.25, 0.3) is 20.9 Å². The van der Waals surface area contributed by atoms with Crippen molar-refractivity contribution >= 4 is 27.3 Å². The van der Waals surface area contributed by atoms with Crippen molar-refractivity contribution in [2.45, 2.75) is 24.2 Å². The summed E-state index contributed by atoms with van der Waals surface area (Å²) in [5.74, 6) is 0. The molecule has 27 heavy (non-hydrogen) atoms. The molecular weight excluding hydrogens is 411 g/mol. The smallest absolute Gasteiger partial charge is 0.258 e. The van der Waals surface area contributed by atoms with E-state index in [2.05, 4.69) is 0 Å². The summed E-state index contributed by atoms with van der Waals surface area (Å²) >= 11 is 5.90. The predicted molar refractivity (Wildman–Crippen MR) is 87.3 cm³/mol. The van der Waals surface area contributed by atoms with Gasteiger partial charge in [-0.25, -0.2) is 8.42 Å². The molecule has 0 atom stereocenters. The van der Waals surface area contributed by atoms with E-state index in [1.54, 1.807) is 0 Å². The Morgan fingerprint density at radius 3 is 2.52 bits per heavy atom. The van der Waals surface area contributed by atoms with Crippen LogP contribution in [-0.4, -0.2) is 24.2 Å². The van der Waals surface area contributed by atoms with Crippen LogP contribution in [0.25, 0.3) is 0 Å². The lowest BCUT2D eigenvalue weighted by Gasteiger charge is -2.25. The van der Waals surface area contributed by atoms with Gasteiger partial charge in [-0.3, -0.25) is 10.1 Å². The number of aromatic nitrogens is 1. The van der Waals surface area contributed by atoms with E-state index in [0.29, 0.717) is 0 Å². The minimum Gasteiger partial charge on any atom is -0.258 e. The Morgan fingerprint density at radius 2 is 1.89 bits per heavy atom. The van der Waals surface area contributed by atoms with Crippen molar-refractivity contribution in [3.05, 3.63) is 62.9 Å². The first-order valence-electron chi connectivity index (χ1n) is 7.55. The van der Waals surface area contributed by atoms with Gasteiger partial charge in [-0.15, -0.1) is 0 Å². The number of nitro groups is 1. The van der Waals surface area contributed by atoms with Crippen LogP contribution in [0.3, 0.4) is 0 Å². The maximum atomic E-state index is 13.0. The molecular formula is C15H12ClF3N3O4S+. The topological polar surface area (TPSA) is 84.4 Å². The van der Waals surface area contributed by atoms with Crippen molar-refractivity contribution in [1.82, 2.24) is 4.31 Å². The molecule has 3 rings (SSSR count). The maximum Gasteiger partial charge on any atom is 0.416 e. The number of hydrogen-bond donors (Lipinski definition) is 0. The third kappa shape index (κ3) is 3.62. The van der Waals surface area contributed by atoms with Crippen LogP contribution in [0.5, 0.6) is 0 Å². The molecule has 0 unspecified atom stereocenters. The number of rotatable bonds is 3. The average molecular weight is 423 g/mol. The highest BCUT2D eigenvalue weighted by atomic mass is 35.5. The first-order valence-corrected chi connectivity index (χ1v) is 9.36. The van der Waals surface area contributed by atoms with Crippen LogP contribution in [0, 0.1) is 10.1 Å². The molecule has 7 nitrogen and oxygen atoms in total. The zero-order chi connectivity index (χ0) is 20.0. The van der Waals surface area contributed by atoms with E-state index in [4.69, 9.17) is 11.6 Å². The number of fused-ring (bicyclic) bond motifs is 1. The van der Waals surface area contributed by atoms with Crippen LogP contribution in [-0.2, 0) is 29.3 Å². The summed E-state index contributed by atoms with van der Waals surface area (Å²) in [6, 6.07) is 6.41. The first-order chi connectivity index (χ1) is 12.5. The lowest BCUT2D eigenvalue weighted by Crippen LogP contribution is -2.52. The number of pyridine rings is 1. The Morgan fingerprint density at radius 1 is 1.22 bits per heavy atom. The molecule has 0 fully saturated rings. The number of alkyl halides is 3. The molecule has 2 heterocycles. The number of benzene rings is 1. The largest absolute Gasteiger partial charge is 0.416 e. The number of hydrogen-bond acceptors (Lipinski definition) is 4. The van der Waals surface area contributed by atoms with Gasteiger partial charge in [0, 0.05) is 18.2 Å². The van der Waals surface area contributed by atoms with Gasteiger partial charge < -0.3 is 0 Å². The normalized spacial score (nSPS) is 15.4. The second-order valence-corrected chi connectivity index (χ2v) is 8.06. The van der Waals surface area contributed by atoms with Gasteiger partial charge in [0.15, 0.2) is 17.1 Å². The molecule has 144 valence electrons. The van der Waals surface area contributed by atoms with E-state index in [1.165, 1.54) is 16.7 Å². The standard InChI is InChI=1S/C15H12ClF3N3O4S/c16-14-8-10(15(17,18)19)7-11-9-20(5-6-21(11)14)27(25,26)13-4-2-1-3-12(13)22(23)24/h1-4,7-8H,5-6,9H2/q+1. The van der Waals surface area contributed by atoms with Crippen molar-refractivity contribution in [3.63, 3.8) is 0 Å². The monoisotopic (exact) mass is 422 g/mol. The number of nitrogens with zero attached hydrogens (tertiary/aromatic N) is 3. The fourth-order valence-electron chi connectivity index (χ4n) is 2.83. The van der Waals surface area contributed by atoms with E-state index in [-0.39, 0.29) is 23.9 Å². The summed E-state index contributed by atoms with van der Waals surface area (Å²) in [5, 5.41) is 11.0. The van der Waals surface area contributed by atoms with Crippen LogP contribution in [0.1, 0.15) is 11.3 Å². The number of nitro benzene ring substituents is 1. The molecule has 0 amide bonds. The molecule has 0 aliphatic carbocycles. The lowest BCUT2D eigenvalue weighted by molar-refractivity contribution is -0.708. The Balaban J connectivity index is 2.03. The van der Waals surface area contributed by atoms with Crippen molar-refractivity contribution in [1.29, 1.82) is 0 Å². The summed E-state index contributed by atoms with van der Waals surface area (Å²) in [5.41, 5.74) is -1.55. The molecule has 12 heteroatoms. The average Bonchev–Trinajstić information content (AvgIpc) is 2.60. The van der Waals surface area contributed by atoms with Crippen LogP contribution < -0.4 is 4.57 Å². The lowest BCUT2D eigenvalue weighted by atomic mass is 10.2. The zero-order valence-electron chi connectivity index (χ0n) is 13.5. The van der Waals surface area contributed by atoms with Gasteiger partial charge in [-0.1, -0.05) is 12.1 Å². The summed E-state index contributed by atoms with van der Waals surface area (Å²) in [4.78, 5) is 9.79. The van der Waals surface area contributed by atoms with E-state index in [1.807, 2.05) is 0 Å². The fraction of sp³-hybridized carbons (Fsp3) is 0.267. The van der Waals surface area contributed by atoms with Crippen LogP contribution in [0.15, 0.2) is 41.3 Å². The van der Waals surface area contributed by atoms with Crippen molar-refractivity contribution < 1.29 is 31.1 Å². The molecule has 0 bridgehead atoms. The molecule has 0 radical (unpaired) electrons. The van der Waals surface area contributed by atoms with Crippen LogP contribution in [0.4, 0.5) is 18.9 Å². The van der Waals surface area contributed by atoms with E-state index < -0.39 is 43.8 Å². The van der Waals surface area contributed by atoms with Gasteiger partial charge in [-0.05, 0) is 17.7 Å². The number of sulfonamides is 1. The molecule has 1 aliphatic rings. The minimum atomic E-state index is -4.64. The minimum absolute atomic E-state index is 0.0200. The number of para-hydroxylation sites is 1. The van der Waals surface area contributed by atoms with Gasteiger partial charge in [0.05, 0.1) is 23.6 Å². The predicted octanol–water partition coefficient (Wildman–Crippen LogP) is 2.76. The first kappa shape index (κ1) is 19.5. The highest BCUT2D eigenvalue weighted by Crippen LogP contribution is 2.32. The second-order valence-electron chi connectivity index (χ2n) is 5.77. The third-order valence-corrected chi connectivity index (χ3v) is 6.33. The second kappa shape index (κ2) is 6.73. The molecule has 0 saturated carbocycles. The molecule has 1 aliphatic heterocycles. The quantitative estimate of drug-likeness (QED) is 0.329. The summed E-state index contributed by atoms with van der Waals surface area (Å²) in [6.45, 7) is -0.457. The van der Waals surface area contributed by atoms with Crippen molar-refractivity contribution in [2.24, 2.45) is 0 Å². The van der Waals surface area contributed by atoms with Gasteiger partial charge in [0.2, 0.25) is 0 Å². The zero-order valence-corrected chi connectivity index (χ0v) is 15.1. The van der Waals surface area contributed by atoms with Crippen molar-refractivity contribution in [3.8, 4) is 0 Å². The van der Waals surface area contributed by atoms with Gasteiger partial charge in [-0.2, -0.15) is 22.0 Å². The van der Waals surface area contributed by atoms with E-state index in [9.17, 15) is 31.7 Å². The van der Waals surface area contributed by atoms with Crippen molar-refractivity contribution in [2.75, 3.05) is 6.54 Å². The molecule has 0 saturated heterocycles. The Labute approximate surface area is 156 Å². The Hall–Kier alpha value is -2.24.